The lowest BCUT2D eigenvalue weighted by atomic mass is 10.1. The van der Waals surface area contributed by atoms with Crippen LogP contribution >= 0.6 is 0 Å². The van der Waals surface area contributed by atoms with Gasteiger partial charge in [-0.1, -0.05) is 18.2 Å². The maximum atomic E-state index is 12.1. The molecule has 0 radical (unpaired) electrons. The monoisotopic (exact) mass is 295 g/mol. The lowest BCUT2D eigenvalue weighted by Gasteiger charge is -2.18. The van der Waals surface area contributed by atoms with Crippen molar-refractivity contribution in [2.75, 3.05) is 29.0 Å². The van der Waals surface area contributed by atoms with Crippen molar-refractivity contribution < 1.29 is 4.79 Å². The van der Waals surface area contributed by atoms with Crippen molar-refractivity contribution in [1.29, 1.82) is 0 Å². The Hall–Kier alpha value is -2.49. The number of hydrogen-bond donors (Lipinski definition) is 2. The van der Waals surface area contributed by atoms with Gasteiger partial charge in [0.15, 0.2) is 0 Å². The van der Waals surface area contributed by atoms with E-state index in [0.29, 0.717) is 12.1 Å². The quantitative estimate of drug-likeness (QED) is 0.852. The molecule has 4 heteroatoms. The molecule has 0 bridgehead atoms. The number of amides is 1. The number of nitrogens with zero attached hydrogens (tertiary/aromatic N) is 1. The van der Waals surface area contributed by atoms with Gasteiger partial charge in [-0.25, -0.2) is 0 Å². The van der Waals surface area contributed by atoms with Gasteiger partial charge in [-0.15, -0.1) is 0 Å². The Bertz CT molecular complexity index is 646. The highest BCUT2D eigenvalue weighted by molar-refractivity contribution is 5.92. The van der Waals surface area contributed by atoms with Gasteiger partial charge in [0.05, 0.1) is 6.42 Å². The van der Waals surface area contributed by atoms with Crippen LogP contribution in [0, 0.1) is 0 Å². The van der Waals surface area contributed by atoms with Gasteiger partial charge in [-0.05, 0) is 48.7 Å². The number of carbonyl (C=O) groups excluding carboxylic acids is 1. The predicted molar refractivity (Wildman–Crippen MR) is 91.1 cm³/mol. The molecule has 1 fully saturated rings. The van der Waals surface area contributed by atoms with Gasteiger partial charge in [0, 0.05) is 30.2 Å². The largest absolute Gasteiger partial charge is 0.399 e. The molecule has 22 heavy (non-hydrogen) atoms. The molecule has 4 nitrogen and oxygen atoms in total. The van der Waals surface area contributed by atoms with Gasteiger partial charge in [0.2, 0.25) is 5.91 Å². The average Bonchev–Trinajstić information content (AvgIpc) is 3.04. The van der Waals surface area contributed by atoms with Gasteiger partial charge in [0.25, 0.3) is 0 Å². The molecule has 0 unspecified atom stereocenters. The summed E-state index contributed by atoms with van der Waals surface area (Å²) in [6.07, 6.45) is 2.84. The van der Waals surface area contributed by atoms with Crippen LogP contribution in [0.4, 0.5) is 17.1 Å². The molecular weight excluding hydrogens is 274 g/mol. The van der Waals surface area contributed by atoms with Gasteiger partial charge in [-0.2, -0.15) is 0 Å². The van der Waals surface area contributed by atoms with Crippen molar-refractivity contribution in [2.24, 2.45) is 0 Å². The fourth-order valence-corrected chi connectivity index (χ4v) is 2.78. The van der Waals surface area contributed by atoms with E-state index < -0.39 is 0 Å². The van der Waals surface area contributed by atoms with Gasteiger partial charge < -0.3 is 16.0 Å². The molecule has 0 aromatic heterocycles. The normalized spacial score (nSPS) is 14.1. The first kappa shape index (κ1) is 14.4. The Morgan fingerprint density at radius 3 is 2.55 bits per heavy atom. The first-order valence-electron chi connectivity index (χ1n) is 7.70. The number of benzene rings is 2. The Labute approximate surface area is 130 Å². The molecule has 1 heterocycles. The van der Waals surface area contributed by atoms with Crippen LogP contribution in [0.3, 0.4) is 0 Å². The number of nitrogen functional groups attached to an aromatic ring is 1. The van der Waals surface area contributed by atoms with E-state index in [2.05, 4.69) is 16.3 Å². The summed E-state index contributed by atoms with van der Waals surface area (Å²) in [6, 6.07) is 15.5. The molecule has 0 atom stereocenters. The maximum Gasteiger partial charge on any atom is 0.228 e. The Balaban J connectivity index is 1.63. The zero-order valence-corrected chi connectivity index (χ0v) is 12.6. The average molecular weight is 295 g/mol. The second-order valence-electron chi connectivity index (χ2n) is 5.71. The highest BCUT2D eigenvalue weighted by atomic mass is 16.1. The molecule has 2 aromatic carbocycles. The zero-order valence-electron chi connectivity index (χ0n) is 12.6. The summed E-state index contributed by atoms with van der Waals surface area (Å²) < 4.78 is 0. The van der Waals surface area contributed by atoms with Crippen molar-refractivity contribution in [3.05, 3.63) is 54.1 Å². The van der Waals surface area contributed by atoms with Crippen molar-refractivity contribution in [1.82, 2.24) is 0 Å². The lowest BCUT2D eigenvalue weighted by Crippen LogP contribution is -2.18. The first-order valence-corrected chi connectivity index (χ1v) is 7.70. The lowest BCUT2D eigenvalue weighted by molar-refractivity contribution is -0.115. The van der Waals surface area contributed by atoms with Crippen LogP contribution in [-0.2, 0) is 11.2 Å². The van der Waals surface area contributed by atoms with Crippen LogP contribution in [0.15, 0.2) is 48.5 Å². The number of rotatable bonds is 4. The van der Waals surface area contributed by atoms with E-state index in [0.717, 1.165) is 24.3 Å². The molecule has 1 amide bonds. The third-order valence-electron chi connectivity index (χ3n) is 3.95. The van der Waals surface area contributed by atoms with Crippen LogP contribution in [0.5, 0.6) is 0 Å². The molecule has 0 saturated carbocycles. The van der Waals surface area contributed by atoms with E-state index in [1.165, 1.54) is 18.5 Å². The van der Waals surface area contributed by atoms with Gasteiger partial charge in [-0.3, -0.25) is 4.79 Å². The van der Waals surface area contributed by atoms with Crippen LogP contribution < -0.4 is 16.0 Å². The van der Waals surface area contributed by atoms with Crippen LogP contribution in [0.1, 0.15) is 18.4 Å². The number of nitrogens with two attached hydrogens (primary N) is 1. The first-order chi connectivity index (χ1) is 10.7. The summed E-state index contributed by atoms with van der Waals surface area (Å²) in [5.41, 5.74) is 9.36. The Morgan fingerprint density at radius 2 is 1.82 bits per heavy atom. The molecule has 114 valence electrons. The molecule has 0 aliphatic carbocycles. The molecule has 1 aliphatic rings. The summed E-state index contributed by atoms with van der Waals surface area (Å²) in [7, 11) is 0. The van der Waals surface area contributed by atoms with Crippen LogP contribution in [0.2, 0.25) is 0 Å². The SMILES string of the molecule is Nc1ccc(CC(=O)Nc2cccc(N3CCCC3)c2)cc1. The number of hydrogen-bond acceptors (Lipinski definition) is 3. The van der Waals surface area contributed by atoms with Crippen molar-refractivity contribution in [3.63, 3.8) is 0 Å². The summed E-state index contributed by atoms with van der Waals surface area (Å²) in [4.78, 5) is 14.5. The standard InChI is InChI=1S/C18H21N3O/c19-15-8-6-14(7-9-15)12-18(22)20-16-4-3-5-17(13-16)21-10-1-2-11-21/h3-9,13H,1-2,10-12,19H2,(H,20,22). The summed E-state index contributed by atoms with van der Waals surface area (Å²) in [6.45, 7) is 2.20. The van der Waals surface area contributed by atoms with E-state index in [1.807, 2.05) is 42.5 Å². The molecule has 0 spiro atoms. The number of carbonyl (C=O) groups is 1. The van der Waals surface area contributed by atoms with E-state index in [4.69, 9.17) is 5.73 Å². The molecule has 2 aromatic rings. The minimum atomic E-state index is -0.0108. The molecule has 3 N–H and O–H groups in total. The molecular formula is C18H21N3O. The summed E-state index contributed by atoms with van der Waals surface area (Å²) in [5.74, 6) is -0.0108. The zero-order chi connectivity index (χ0) is 15.4. The molecule has 1 aliphatic heterocycles. The summed E-state index contributed by atoms with van der Waals surface area (Å²) >= 11 is 0. The highest BCUT2D eigenvalue weighted by Crippen LogP contribution is 2.23. The van der Waals surface area contributed by atoms with Gasteiger partial charge >= 0.3 is 0 Å². The van der Waals surface area contributed by atoms with E-state index >= 15 is 0 Å². The van der Waals surface area contributed by atoms with Crippen LogP contribution in [-0.4, -0.2) is 19.0 Å². The van der Waals surface area contributed by atoms with E-state index in [9.17, 15) is 4.79 Å². The summed E-state index contributed by atoms with van der Waals surface area (Å²) in [5, 5.41) is 2.97. The van der Waals surface area contributed by atoms with Crippen molar-refractivity contribution in [3.8, 4) is 0 Å². The third kappa shape index (κ3) is 3.58. The maximum absolute atomic E-state index is 12.1. The Morgan fingerprint density at radius 1 is 1.09 bits per heavy atom. The van der Waals surface area contributed by atoms with E-state index in [1.54, 1.807) is 0 Å². The minimum absolute atomic E-state index is 0.0108. The fourth-order valence-electron chi connectivity index (χ4n) is 2.78. The second kappa shape index (κ2) is 6.52. The highest BCUT2D eigenvalue weighted by Gasteiger charge is 2.13. The number of nitrogens with one attached hydrogen (secondary N) is 1. The second-order valence-corrected chi connectivity index (χ2v) is 5.71. The van der Waals surface area contributed by atoms with E-state index in [-0.39, 0.29) is 5.91 Å². The third-order valence-corrected chi connectivity index (χ3v) is 3.95. The fraction of sp³-hybridized carbons (Fsp3) is 0.278. The Kier molecular flexibility index (Phi) is 4.28. The smallest absolute Gasteiger partial charge is 0.228 e. The topological polar surface area (TPSA) is 58.4 Å². The van der Waals surface area contributed by atoms with Crippen LogP contribution in [0.25, 0.3) is 0 Å². The van der Waals surface area contributed by atoms with Crippen molar-refractivity contribution in [2.45, 2.75) is 19.3 Å². The molecule has 3 rings (SSSR count). The number of anilines is 3. The molecule has 1 saturated heterocycles. The predicted octanol–water partition coefficient (Wildman–Crippen LogP) is 3.05. The van der Waals surface area contributed by atoms with Gasteiger partial charge in [0.1, 0.15) is 0 Å². The minimum Gasteiger partial charge on any atom is -0.399 e. The van der Waals surface area contributed by atoms with Crippen molar-refractivity contribution >= 4 is 23.0 Å².